The van der Waals surface area contributed by atoms with Crippen molar-refractivity contribution in [1.82, 2.24) is 15.1 Å². The third-order valence-corrected chi connectivity index (χ3v) is 5.03. The van der Waals surface area contributed by atoms with Gasteiger partial charge in [-0.15, -0.1) is 10.2 Å². The van der Waals surface area contributed by atoms with Crippen molar-refractivity contribution in [3.05, 3.63) is 59.4 Å². The molecule has 1 N–H and O–H groups in total. The lowest BCUT2D eigenvalue weighted by molar-refractivity contribution is -0.133. The topological polar surface area (TPSA) is 97.6 Å². The summed E-state index contributed by atoms with van der Waals surface area (Å²) in [7, 11) is 0. The van der Waals surface area contributed by atoms with Crippen LogP contribution in [-0.4, -0.2) is 46.6 Å². The molecule has 0 fully saturated rings. The Morgan fingerprint density at radius 3 is 2.53 bits per heavy atom. The number of anilines is 1. The van der Waals surface area contributed by atoms with Crippen LogP contribution in [0.15, 0.2) is 52.9 Å². The van der Waals surface area contributed by atoms with Crippen LogP contribution >= 0.6 is 11.6 Å². The minimum absolute atomic E-state index is 0.0950. The molecule has 168 valence electrons. The van der Waals surface area contributed by atoms with E-state index in [1.54, 1.807) is 23.1 Å². The van der Waals surface area contributed by atoms with Gasteiger partial charge in [0.1, 0.15) is 5.75 Å². The highest BCUT2D eigenvalue weighted by atomic mass is 35.5. The molecule has 1 aromatic heterocycles. The number of rotatable bonds is 10. The number of hydrogen-bond acceptors (Lipinski definition) is 6. The quantitative estimate of drug-likeness (QED) is 0.490. The van der Waals surface area contributed by atoms with Gasteiger partial charge in [0.25, 0.3) is 5.91 Å². The van der Waals surface area contributed by atoms with Crippen LogP contribution in [0.5, 0.6) is 5.75 Å². The number of nitrogens with zero attached hydrogens (tertiary/aromatic N) is 3. The SMILES string of the molecule is CCN(CC)C(=O)COc1ccc(NC(=O)CCc2nnc(-c3ccccc3)o2)cc1Cl. The molecule has 0 aliphatic carbocycles. The molecule has 8 nitrogen and oxygen atoms in total. The van der Waals surface area contributed by atoms with E-state index in [0.717, 1.165) is 5.56 Å². The summed E-state index contributed by atoms with van der Waals surface area (Å²) in [6.07, 6.45) is 0.485. The van der Waals surface area contributed by atoms with E-state index in [1.807, 2.05) is 44.2 Å². The molecule has 0 spiro atoms. The van der Waals surface area contributed by atoms with Crippen LogP contribution in [0.3, 0.4) is 0 Å². The van der Waals surface area contributed by atoms with Gasteiger partial charge in [-0.2, -0.15) is 0 Å². The lowest BCUT2D eigenvalue weighted by Gasteiger charge is -2.19. The van der Waals surface area contributed by atoms with Crippen molar-refractivity contribution in [2.45, 2.75) is 26.7 Å². The van der Waals surface area contributed by atoms with E-state index in [1.165, 1.54) is 0 Å². The molecule has 0 saturated heterocycles. The van der Waals surface area contributed by atoms with Gasteiger partial charge < -0.3 is 19.4 Å². The Kier molecular flexibility index (Phi) is 8.21. The molecule has 3 aromatic rings. The standard InChI is InChI=1S/C23H25ClN4O4/c1-3-28(4-2)22(30)15-31-19-11-10-17(14-18(19)24)25-20(29)12-13-21-26-27-23(32-21)16-8-6-5-7-9-16/h5-11,14H,3-4,12-13,15H2,1-2H3,(H,25,29). The number of carbonyl (C=O) groups excluding carboxylic acids is 2. The van der Waals surface area contributed by atoms with E-state index in [4.69, 9.17) is 20.8 Å². The van der Waals surface area contributed by atoms with E-state index in [2.05, 4.69) is 15.5 Å². The smallest absolute Gasteiger partial charge is 0.260 e. The largest absolute Gasteiger partial charge is 0.482 e. The predicted molar refractivity (Wildman–Crippen MR) is 122 cm³/mol. The number of aryl methyl sites for hydroxylation is 1. The second kappa shape index (κ2) is 11.3. The second-order valence-corrected chi connectivity index (χ2v) is 7.32. The van der Waals surface area contributed by atoms with Gasteiger partial charge in [0.05, 0.1) is 5.02 Å². The van der Waals surface area contributed by atoms with Crippen LogP contribution in [0.2, 0.25) is 5.02 Å². The minimum Gasteiger partial charge on any atom is -0.482 e. The van der Waals surface area contributed by atoms with E-state index < -0.39 is 0 Å². The maximum atomic E-state index is 12.3. The third kappa shape index (κ3) is 6.31. The average Bonchev–Trinajstić information content (AvgIpc) is 3.28. The number of likely N-dealkylation sites (N-methyl/N-ethyl adjacent to an activating group) is 1. The molecule has 0 aliphatic heterocycles. The first-order valence-corrected chi connectivity index (χ1v) is 10.8. The van der Waals surface area contributed by atoms with Crippen LogP contribution < -0.4 is 10.1 Å². The van der Waals surface area contributed by atoms with E-state index in [9.17, 15) is 9.59 Å². The molecule has 0 atom stereocenters. The van der Waals surface area contributed by atoms with Crippen LogP contribution in [-0.2, 0) is 16.0 Å². The Hall–Kier alpha value is -3.39. The minimum atomic E-state index is -0.217. The van der Waals surface area contributed by atoms with Crippen LogP contribution in [0.4, 0.5) is 5.69 Å². The number of carbonyl (C=O) groups is 2. The van der Waals surface area contributed by atoms with Gasteiger partial charge in [0.15, 0.2) is 6.61 Å². The van der Waals surface area contributed by atoms with E-state index in [0.29, 0.717) is 47.8 Å². The summed E-state index contributed by atoms with van der Waals surface area (Å²) < 4.78 is 11.1. The molecule has 0 saturated carbocycles. The number of amides is 2. The lowest BCUT2D eigenvalue weighted by Crippen LogP contribution is -2.34. The van der Waals surface area contributed by atoms with Crippen molar-refractivity contribution < 1.29 is 18.7 Å². The number of hydrogen-bond donors (Lipinski definition) is 1. The molecule has 3 rings (SSSR count). The molecule has 9 heteroatoms. The van der Waals surface area contributed by atoms with Gasteiger partial charge in [-0.05, 0) is 44.2 Å². The highest BCUT2D eigenvalue weighted by Gasteiger charge is 2.13. The molecular formula is C23H25ClN4O4. The fourth-order valence-electron chi connectivity index (χ4n) is 3.00. The molecule has 1 heterocycles. The van der Waals surface area contributed by atoms with Crippen molar-refractivity contribution in [2.24, 2.45) is 0 Å². The predicted octanol–water partition coefficient (Wildman–Crippen LogP) is 4.21. The average molecular weight is 457 g/mol. The molecule has 0 unspecified atom stereocenters. The number of aromatic nitrogens is 2. The monoisotopic (exact) mass is 456 g/mol. The van der Waals surface area contributed by atoms with Crippen LogP contribution in [0, 0.1) is 0 Å². The molecule has 0 radical (unpaired) electrons. The normalized spacial score (nSPS) is 10.6. The van der Waals surface area contributed by atoms with Gasteiger partial charge in [-0.1, -0.05) is 29.8 Å². The van der Waals surface area contributed by atoms with Crippen LogP contribution in [0.1, 0.15) is 26.2 Å². The Morgan fingerprint density at radius 2 is 1.84 bits per heavy atom. The van der Waals surface area contributed by atoms with Crippen molar-refractivity contribution in [3.63, 3.8) is 0 Å². The fourth-order valence-corrected chi connectivity index (χ4v) is 3.23. The zero-order valence-corrected chi connectivity index (χ0v) is 18.8. The van der Waals surface area contributed by atoms with Gasteiger partial charge in [-0.3, -0.25) is 9.59 Å². The molecule has 0 bridgehead atoms. The van der Waals surface area contributed by atoms with Crippen molar-refractivity contribution in [2.75, 3.05) is 25.0 Å². The van der Waals surface area contributed by atoms with E-state index in [-0.39, 0.29) is 24.8 Å². The van der Waals surface area contributed by atoms with Gasteiger partial charge in [0.2, 0.25) is 17.7 Å². The highest BCUT2D eigenvalue weighted by molar-refractivity contribution is 6.32. The first-order valence-electron chi connectivity index (χ1n) is 10.4. The Labute approximate surface area is 191 Å². The van der Waals surface area contributed by atoms with Gasteiger partial charge >= 0.3 is 0 Å². The summed E-state index contributed by atoms with van der Waals surface area (Å²) in [5.74, 6) is 0.858. The third-order valence-electron chi connectivity index (χ3n) is 4.74. The Balaban J connectivity index is 1.49. The molecule has 2 aromatic carbocycles. The maximum Gasteiger partial charge on any atom is 0.260 e. The summed E-state index contributed by atoms with van der Waals surface area (Å²) in [5, 5.41) is 11.1. The van der Waals surface area contributed by atoms with Crippen molar-refractivity contribution >= 4 is 29.1 Å². The first-order chi connectivity index (χ1) is 15.5. The summed E-state index contributed by atoms with van der Waals surface area (Å²) in [6, 6.07) is 14.3. The van der Waals surface area contributed by atoms with Gasteiger partial charge in [-0.25, -0.2) is 0 Å². The molecular weight excluding hydrogens is 432 g/mol. The van der Waals surface area contributed by atoms with Crippen molar-refractivity contribution in [1.29, 1.82) is 0 Å². The maximum absolute atomic E-state index is 12.3. The summed E-state index contributed by atoms with van der Waals surface area (Å²) >= 11 is 6.24. The van der Waals surface area contributed by atoms with Gasteiger partial charge in [0, 0.05) is 37.2 Å². The van der Waals surface area contributed by atoms with Crippen molar-refractivity contribution in [3.8, 4) is 17.2 Å². The lowest BCUT2D eigenvalue weighted by atomic mass is 10.2. The Bertz CT molecular complexity index is 1050. The van der Waals surface area contributed by atoms with E-state index >= 15 is 0 Å². The molecule has 2 amide bonds. The summed E-state index contributed by atoms with van der Waals surface area (Å²) in [4.78, 5) is 26.0. The molecule has 0 aliphatic rings. The summed E-state index contributed by atoms with van der Waals surface area (Å²) in [6.45, 7) is 4.96. The fraction of sp³-hybridized carbons (Fsp3) is 0.304. The van der Waals surface area contributed by atoms with Crippen LogP contribution in [0.25, 0.3) is 11.5 Å². The highest BCUT2D eigenvalue weighted by Crippen LogP contribution is 2.28. The second-order valence-electron chi connectivity index (χ2n) is 6.92. The Morgan fingerprint density at radius 1 is 1.09 bits per heavy atom. The zero-order valence-electron chi connectivity index (χ0n) is 18.0. The number of halogens is 1. The number of benzene rings is 2. The molecule has 32 heavy (non-hydrogen) atoms. The first kappa shape index (κ1) is 23.3. The summed E-state index contributed by atoms with van der Waals surface area (Å²) in [5.41, 5.74) is 1.35. The number of ether oxygens (including phenoxy) is 1. The number of nitrogens with one attached hydrogen (secondary N) is 1. The zero-order chi connectivity index (χ0) is 22.9.